The Morgan fingerprint density at radius 2 is 1.83 bits per heavy atom. The van der Waals surface area contributed by atoms with Crippen LogP contribution in [0.15, 0.2) is 48.7 Å². The van der Waals surface area contributed by atoms with E-state index in [1.54, 1.807) is 12.3 Å². The van der Waals surface area contributed by atoms with Gasteiger partial charge in [0.2, 0.25) is 0 Å². The molecule has 3 rings (SSSR count). The molecule has 7 heteroatoms. The van der Waals surface area contributed by atoms with Crippen molar-refractivity contribution in [3.63, 3.8) is 0 Å². The quantitative estimate of drug-likeness (QED) is 0.938. The van der Waals surface area contributed by atoms with Crippen LogP contribution in [0.25, 0.3) is 0 Å². The minimum Gasteiger partial charge on any atom is -0.378 e. The van der Waals surface area contributed by atoms with Crippen LogP contribution < -0.4 is 0 Å². The van der Waals surface area contributed by atoms with E-state index < -0.39 is 23.8 Å². The van der Waals surface area contributed by atoms with E-state index in [0.717, 1.165) is 30.0 Å². The molecule has 1 fully saturated rings. The SMILES string of the molecule is O=C([C@@H](O)c1ccc(C(F)(F)F)cc1)N1CC(c2ccccn2)C1. The van der Waals surface area contributed by atoms with E-state index in [1.165, 1.54) is 4.90 Å². The third kappa shape index (κ3) is 3.26. The Morgan fingerprint density at radius 1 is 1.17 bits per heavy atom. The molecule has 0 saturated carbocycles. The largest absolute Gasteiger partial charge is 0.416 e. The van der Waals surface area contributed by atoms with E-state index in [2.05, 4.69) is 4.98 Å². The predicted octanol–water partition coefficient (Wildman–Crippen LogP) is 2.76. The zero-order valence-corrected chi connectivity index (χ0v) is 12.6. The molecule has 126 valence electrons. The number of benzene rings is 1. The number of hydrogen-bond acceptors (Lipinski definition) is 3. The molecule has 0 spiro atoms. The fourth-order valence-corrected chi connectivity index (χ4v) is 2.63. The van der Waals surface area contributed by atoms with Crippen molar-refractivity contribution in [1.29, 1.82) is 0 Å². The van der Waals surface area contributed by atoms with Crippen molar-refractivity contribution in [3.05, 3.63) is 65.5 Å². The monoisotopic (exact) mass is 336 g/mol. The highest BCUT2D eigenvalue weighted by atomic mass is 19.4. The standard InChI is InChI=1S/C17H15F3N2O2/c18-17(19,20)13-6-4-11(5-7-13)15(23)16(24)22-9-12(10-22)14-3-1-2-8-21-14/h1-8,12,15,23H,9-10H2/t15-/m0/s1. The molecule has 2 aromatic rings. The highest BCUT2D eigenvalue weighted by Crippen LogP contribution is 2.31. The first-order valence-corrected chi connectivity index (χ1v) is 7.41. The van der Waals surface area contributed by atoms with Crippen LogP contribution >= 0.6 is 0 Å². The summed E-state index contributed by atoms with van der Waals surface area (Å²) in [5.41, 5.74) is 0.213. The molecule has 1 atom stereocenters. The number of aliphatic hydroxyl groups is 1. The van der Waals surface area contributed by atoms with Crippen molar-refractivity contribution < 1.29 is 23.1 Å². The first-order chi connectivity index (χ1) is 11.4. The van der Waals surface area contributed by atoms with E-state index in [0.29, 0.717) is 13.1 Å². The number of pyridine rings is 1. The number of rotatable bonds is 3. The van der Waals surface area contributed by atoms with Crippen LogP contribution in [0.1, 0.15) is 28.8 Å². The lowest BCUT2D eigenvalue weighted by Gasteiger charge is -2.40. The van der Waals surface area contributed by atoms with Crippen LogP contribution in [0.2, 0.25) is 0 Å². The molecule has 0 bridgehead atoms. The van der Waals surface area contributed by atoms with E-state index in [9.17, 15) is 23.1 Å². The number of hydrogen-bond donors (Lipinski definition) is 1. The van der Waals surface area contributed by atoms with Gasteiger partial charge in [-0.05, 0) is 29.8 Å². The summed E-state index contributed by atoms with van der Waals surface area (Å²) in [7, 11) is 0. The summed E-state index contributed by atoms with van der Waals surface area (Å²) < 4.78 is 37.6. The number of carbonyl (C=O) groups is 1. The van der Waals surface area contributed by atoms with E-state index in [1.807, 2.05) is 12.1 Å². The van der Waals surface area contributed by atoms with Gasteiger partial charge in [-0.25, -0.2) is 0 Å². The summed E-state index contributed by atoms with van der Waals surface area (Å²) in [5.74, 6) is -0.392. The van der Waals surface area contributed by atoms with Gasteiger partial charge in [-0.1, -0.05) is 18.2 Å². The molecular weight excluding hydrogens is 321 g/mol. The van der Waals surface area contributed by atoms with Crippen LogP contribution in [0, 0.1) is 0 Å². The molecule has 0 unspecified atom stereocenters. The maximum atomic E-state index is 12.5. The summed E-state index contributed by atoms with van der Waals surface area (Å²) in [6.45, 7) is 0.876. The maximum Gasteiger partial charge on any atom is 0.416 e. The smallest absolute Gasteiger partial charge is 0.378 e. The van der Waals surface area contributed by atoms with Gasteiger partial charge in [-0.15, -0.1) is 0 Å². The molecule has 1 N–H and O–H groups in total. The van der Waals surface area contributed by atoms with Crippen molar-refractivity contribution in [2.45, 2.75) is 18.2 Å². The highest BCUT2D eigenvalue weighted by Gasteiger charge is 2.36. The molecule has 1 aromatic carbocycles. The maximum absolute atomic E-state index is 12.5. The normalized spacial score (nSPS) is 16.6. The lowest BCUT2D eigenvalue weighted by molar-refractivity contribution is -0.145. The fourth-order valence-electron chi connectivity index (χ4n) is 2.63. The molecule has 24 heavy (non-hydrogen) atoms. The Kier molecular flexibility index (Phi) is 4.28. The molecule has 1 amide bonds. The zero-order chi connectivity index (χ0) is 17.3. The van der Waals surface area contributed by atoms with Crippen molar-refractivity contribution in [2.24, 2.45) is 0 Å². The van der Waals surface area contributed by atoms with Crippen LogP contribution in [-0.4, -0.2) is 34.0 Å². The minimum atomic E-state index is -4.44. The predicted molar refractivity (Wildman–Crippen MR) is 80.0 cm³/mol. The number of halogens is 3. The van der Waals surface area contributed by atoms with Crippen LogP contribution in [0.3, 0.4) is 0 Å². The fraction of sp³-hybridized carbons (Fsp3) is 0.294. The van der Waals surface area contributed by atoms with Gasteiger partial charge in [-0.2, -0.15) is 13.2 Å². The minimum absolute atomic E-state index is 0.120. The molecule has 1 aliphatic heterocycles. The summed E-state index contributed by atoms with van der Waals surface area (Å²) >= 11 is 0. The molecule has 1 aromatic heterocycles. The van der Waals surface area contributed by atoms with E-state index in [-0.39, 0.29) is 11.5 Å². The van der Waals surface area contributed by atoms with Gasteiger partial charge >= 0.3 is 6.18 Å². The van der Waals surface area contributed by atoms with Gasteiger partial charge in [-0.3, -0.25) is 9.78 Å². The summed E-state index contributed by atoms with van der Waals surface area (Å²) in [6.07, 6.45) is -4.23. The molecule has 4 nitrogen and oxygen atoms in total. The third-order valence-electron chi connectivity index (χ3n) is 4.09. The number of nitrogens with zero attached hydrogens (tertiary/aromatic N) is 2. The first kappa shape index (κ1) is 16.4. The first-order valence-electron chi connectivity index (χ1n) is 7.41. The summed E-state index contributed by atoms with van der Waals surface area (Å²) in [5, 5.41) is 10.1. The molecule has 0 radical (unpaired) electrons. The number of aliphatic hydroxyl groups excluding tert-OH is 1. The van der Waals surface area contributed by atoms with Crippen molar-refractivity contribution in [1.82, 2.24) is 9.88 Å². The Bertz CT molecular complexity index is 711. The Hall–Kier alpha value is -2.41. The topological polar surface area (TPSA) is 53.4 Å². The molecular formula is C17H15F3N2O2. The second-order valence-corrected chi connectivity index (χ2v) is 5.72. The van der Waals surface area contributed by atoms with E-state index >= 15 is 0 Å². The number of aromatic nitrogens is 1. The average Bonchev–Trinajstić information content (AvgIpc) is 2.53. The number of carbonyl (C=O) groups excluding carboxylic acids is 1. The second-order valence-electron chi connectivity index (χ2n) is 5.72. The Balaban J connectivity index is 1.62. The Morgan fingerprint density at radius 3 is 2.38 bits per heavy atom. The summed E-state index contributed by atoms with van der Waals surface area (Å²) in [4.78, 5) is 17.9. The van der Waals surface area contributed by atoms with Crippen molar-refractivity contribution in [2.75, 3.05) is 13.1 Å². The number of likely N-dealkylation sites (tertiary alicyclic amines) is 1. The lowest BCUT2D eigenvalue weighted by Crippen LogP contribution is -2.50. The molecule has 0 aliphatic carbocycles. The van der Waals surface area contributed by atoms with Gasteiger partial charge in [0.15, 0.2) is 6.10 Å². The highest BCUT2D eigenvalue weighted by molar-refractivity contribution is 5.83. The Labute approximate surface area is 136 Å². The number of amides is 1. The molecule has 1 saturated heterocycles. The number of alkyl halides is 3. The van der Waals surface area contributed by atoms with Crippen molar-refractivity contribution in [3.8, 4) is 0 Å². The van der Waals surface area contributed by atoms with Gasteiger partial charge < -0.3 is 10.0 Å². The van der Waals surface area contributed by atoms with Crippen LogP contribution in [0.5, 0.6) is 0 Å². The van der Waals surface area contributed by atoms with Crippen molar-refractivity contribution >= 4 is 5.91 Å². The average molecular weight is 336 g/mol. The van der Waals surface area contributed by atoms with Gasteiger partial charge in [0.25, 0.3) is 5.91 Å². The lowest BCUT2D eigenvalue weighted by atomic mass is 9.94. The third-order valence-corrected chi connectivity index (χ3v) is 4.09. The van der Waals surface area contributed by atoms with Crippen LogP contribution in [0.4, 0.5) is 13.2 Å². The van der Waals surface area contributed by atoms with Gasteiger partial charge in [0, 0.05) is 30.9 Å². The van der Waals surface area contributed by atoms with Crippen LogP contribution in [-0.2, 0) is 11.0 Å². The second kappa shape index (κ2) is 6.24. The summed E-state index contributed by atoms with van der Waals surface area (Å²) in [6, 6.07) is 9.52. The van der Waals surface area contributed by atoms with Gasteiger partial charge in [0.05, 0.1) is 5.56 Å². The molecule has 1 aliphatic rings. The van der Waals surface area contributed by atoms with E-state index in [4.69, 9.17) is 0 Å². The zero-order valence-electron chi connectivity index (χ0n) is 12.6. The molecule has 2 heterocycles. The van der Waals surface area contributed by atoms with Gasteiger partial charge in [0.1, 0.15) is 0 Å².